The zero-order valence-corrected chi connectivity index (χ0v) is 55.0. The number of rotatable bonds is 12. The number of fused-ring (bicyclic) bond motifs is 3. The van der Waals surface area contributed by atoms with Crippen LogP contribution in [0.3, 0.4) is 0 Å². The van der Waals surface area contributed by atoms with E-state index in [1.165, 1.54) is 48.6 Å². The predicted octanol–water partition coefficient (Wildman–Crippen LogP) is 13.5. The first-order chi connectivity index (χ1) is 43.1. The van der Waals surface area contributed by atoms with E-state index in [1.54, 1.807) is 25.1 Å². The predicted molar refractivity (Wildman–Crippen MR) is 350 cm³/mol. The van der Waals surface area contributed by atoms with E-state index in [0.29, 0.717) is 119 Å². The summed E-state index contributed by atoms with van der Waals surface area (Å²) in [5.41, 5.74) is 4.35. The fraction of sp³-hybridized carbons (Fsp3) is 0.234. The minimum atomic E-state index is -3.87. The zero-order chi connectivity index (χ0) is 63.5. The van der Waals surface area contributed by atoms with Crippen LogP contribution >= 0.6 is 58.3 Å². The number of nitrogens with zero attached hydrogens (tertiary/aromatic N) is 7. The summed E-state index contributed by atoms with van der Waals surface area (Å²) in [7, 11) is -11.2. The Kier molecular flexibility index (Phi) is 20.1. The summed E-state index contributed by atoms with van der Waals surface area (Å²) in [4.78, 5) is 13.8. The summed E-state index contributed by atoms with van der Waals surface area (Å²) in [5, 5.41) is 25.2. The summed E-state index contributed by atoms with van der Waals surface area (Å²) < 4.78 is 111. The third kappa shape index (κ3) is 14.4. The minimum Gasteiger partial charge on any atom is -0.422 e. The molecule has 26 heteroatoms. The first-order valence-corrected chi connectivity index (χ1v) is 35.4. The molecule has 0 amide bonds. The van der Waals surface area contributed by atoms with Gasteiger partial charge in [0.2, 0.25) is 30.1 Å². The third-order valence-electron chi connectivity index (χ3n) is 15.0. The van der Waals surface area contributed by atoms with E-state index >= 15 is 0 Å². The molecular formula is C64H57Cl3FN7O10S5. The Morgan fingerprint density at radius 1 is 0.467 bits per heavy atom. The van der Waals surface area contributed by atoms with Crippen LogP contribution in [0.4, 0.5) is 4.39 Å². The average Bonchev–Trinajstić information content (AvgIpc) is 0.972. The van der Waals surface area contributed by atoms with Crippen LogP contribution in [0.15, 0.2) is 189 Å². The Labute approximate surface area is 543 Å². The quantitative estimate of drug-likeness (QED) is 0.104. The number of morpholine rings is 2. The van der Waals surface area contributed by atoms with Gasteiger partial charge in [-0.25, -0.2) is 34.4 Å². The van der Waals surface area contributed by atoms with Crippen molar-refractivity contribution in [3.8, 4) is 22.5 Å². The van der Waals surface area contributed by atoms with Crippen molar-refractivity contribution in [3.05, 3.63) is 194 Å². The molecule has 0 saturated carbocycles. The normalized spacial score (nSPS) is 15.4. The van der Waals surface area contributed by atoms with Gasteiger partial charge >= 0.3 is 5.63 Å². The molecule has 7 aromatic carbocycles. The lowest BCUT2D eigenvalue weighted by Gasteiger charge is -2.26. The van der Waals surface area contributed by atoms with E-state index in [-0.39, 0.29) is 20.8 Å². The van der Waals surface area contributed by atoms with Gasteiger partial charge in [-0.2, -0.15) is 12.9 Å². The van der Waals surface area contributed by atoms with Crippen molar-refractivity contribution >= 4 is 121 Å². The molecular weight excluding hydrogens is 1310 g/mol. The van der Waals surface area contributed by atoms with Crippen molar-refractivity contribution in [2.24, 2.45) is 0 Å². The van der Waals surface area contributed by atoms with Gasteiger partial charge in [0, 0.05) is 102 Å². The van der Waals surface area contributed by atoms with E-state index in [4.69, 9.17) is 48.7 Å². The van der Waals surface area contributed by atoms with E-state index in [9.17, 15) is 34.4 Å². The van der Waals surface area contributed by atoms with Gasteiger partial charge in [0.15, 0.2) is 4.90 Å². The lowest BCUT2D eigenvalue weighted by Crippen LogP contribution is -2.40. The summed E-state index contributed by atoms with van der Waals surface area (Å²) in [6, 6.07) is 42.5. The maximum absolute atomic E-state index is 13.4. The number of benzene rings is 7. The van der Waals surface area contributed by atoms with E-state index in [2.05, 4.69) is 26.5 Å². The Morgan fingerprint density at radius 2 is 0.900 bits per heavy atom. The van der Waals surface area contributed by atoms with E-state index in [1.807, 2.05) is 111 Å². The van der Waals surface area contributed by atoms with Crippen LogP contribution in [0.5, 0.6) is 0 Å². The molecule has 466 valence electrons. The summed E-state index contributed by atoms with van der Waals surface area (Å²) in [6.07, 6.45) is 1.54. The monoisotopic (exact) mass is 1370 g/mol. The fourth-order valence-corrected chi connectivity index (χ4v) is 18.4. The first-order valence-electron chi connectivity index (χ1n) is 28.4. The van der Waals surface area contributed by atoms with Crippen LogP contribution in [0.25, 0.3) is 55.0 Å². The molecule has 3 saturated heterocycles. The highest BCUT2D eigenvalue weighted by Gasteiger charge is 2.32. The molecule has 3 aromatic heterocycles. The second-order valence-corrected chi connectivity index (χ2v) is 30.4. The fourth-order valence-electron chi connectivity index (χ4n) is 10.5. The summed E-state index contributed by atoms with van der Waals surface area (Å²) in [5.74, 6) is -0.518. The highest BCUT2D eigenvalue weighted by Crippen LogP contribution is 2.40. The molecule has 0 bridgehead atoms. The van der Waals surface area contributed by atoms with Gasteiger partial charge in [-0.1, -0.05) is 131 Å². The molecule has 0 radical (unpaired) electrons. The van der Waals surface area contributed by atoms with Gasteiger partial charge in [-0.15, -0.1) is 20.4 Å². The van der Waals surface area contributed by atoms with Gasteiger partial charge in [0.05, 0.1) is 36.2 Å². The smallest absolute Gasteiger partial charge is 0.356 e. The van der Waals surface area contributed by atoms with Gasteiger partial charge in [0.1, 0.15) is 32.8 Å². The number of sulfonamides is 3. The van der Waals surface area contributed by atoms with Gasteiger partial charge < -0.3 is 13.9 Å². The molecule has 3 aliphatic heterocycles. The van der Waals surface area contributed by atoms with Crippen molar-refractivity contribution in [1.82, 2.24) is 33.3 Å². The summed E-state index contributed by atoms with van der Waals surface area (Å²) in [6.45, 7) is 9.38. The maximum Gasteiger partial charge on any atom is 0.356 e. The van der Waals surface area contributed by atoms with Crippen molar-refractivity contribution in [2.75, 3.05) is 65.7 Å². The van der Waals surface area contributed by atoms with Gasteiger partial charge in [-0.05, 0) is 123 Å². The molecule has 0 N–H and O–H groups in total. The molecule has 0 aliphatic carbocycles. The number of hydrogen-bond acceptors (Lipinski definition) is 16. The van der Waals surface area contributed by atoms with Crippen LogP contribution < -0.4 is 5.63 Å². The molecule has 0 atom stereocenters. The standard InChI is InChI=1S/C26H24ClN3O3S2.C25H21Cl2N3O3S2.C13H12FNO4S/c1-17-13-20(27)16-21(14-17)34-26-23-6-4-3-5-22(23)25(28-29-26)19-8-7-18(2)24(15-19)35(31,32)30-9-11-33-12-10-30;1-16-6-7-17(12-23(16)35(31,32)30-8-10-33-11-9-30)24-21-4-2-3-5-22(21)25(29-28-24)34-20-14-18(26)13-19(27)15-20;14-10-3-4-11-9(7-10)8-12(13(16)19-11)20(17,18)15-5-1-2-6-15/h3-8,13-16H,9-12H2,1-2H3;2-7,12-15H,8-11H2,1H3;3-4,7-8H,1-2,5-6H2. The van der Waals surface area contributed by atoms with Crippen LogP contribution in [0, 0.1) is 26.6 Å². The average molecular weight is 1370 g/mol. The molecule has 3 fully saturated rings. The van der Waals surface area contributed by atoms with Gasteiger partial charge in [0.25, 0.3) is 0 Å². The van der Waals surface area contributed by atoms with E-state index < -0.39 is 46.4 Å². The topological polar surface area (TPSA) is 212 Å². The molecule has 90 heavy (non-hydrogen) atoms. The van der Waals surface area contributed by atoms with Crippen LogP contribution in [0.2, 0.25) is 15.1 Å². The highest BCUT2D eigenvalue weighted by molar-refractivity contribution is 7.99. The molecule has 6 heterocycles. The van der Waals surface area contributed by atoms with Crippen LogP contribution in [0.1, 0.15) is 29.5 Å². The zero-order valence-electron chi connectivity index (χ0n) is 48.6. The number of aromatic nitrogens is 4. The number of ether oxygens (including phenoxy) is 2. The van der Waals surface area contributed by atoms with Crippen molar-refractivity contribution < 1.29 is 43.5 Å². The van der Waals surface area contributed by atoms with Crippen molar-refractivity contribution in [2.45, 2.75) is 68.1 Å². The Hall–Kier alpha value is -6.42. The second-order valence-electron chi connectivity index (χ2n) is 21.3. The van der Waals surface area contributed by atoms with Crippen LogP contribution in [-0.4, -0.2) is 124 Å². The largest absolute Gasteiger partial charge is 0.422 e. The van der Waals surface area contributed by atoms with Crippen molar-refractivity contribution in [1.29, 1.82) is 0 Å². The minimum absolute atomic E-state index is 0.164. The second kappa shape index (κ2) is 27.8. The number of hydrogen-bond donors (Lipinski definition) is 0. The molecule has 3 aliphatic rings. The number of halogens is 4. The maximum atomic E-state index is 13.4. The van der Waals surface area contributed by atoms with Crippen LogP contribution in [-0.2, 0) is 39.5 Å². The molecule has 13 rings (SSSR count). The molecule has 0 spiro atoms. The lowest BCUT2D eigenvalue weighted by molar-refractivity contribution is 0.0730. The lowest BCUT2D eigenvalue weighted by atomic mass is 10.0. The third-order valence-corrected chi connectivity index (χ3v) is 23.6. The Morgan fingerprint density at radius 3 is 1.38 bits per heavy atom. The first kappa shape index (κ1) is 65.1. The highest BCUT2D eigenvalue weighted by atomic mass is 35.5. The van der Waals surface area contributed by atoms with Gasteiger partial charge in [-0.3, -0.25) is 0 Å². The number of aryl methyl sites for hydroxylation is 3. The Balaban J connectivity index is 0.000000144. The Bertz CT molecular complexity index is 4530. The summed E-state index contributed by atoms with van der Waals surface area (Å²) >= 11 is 21.5. The molecule has 17 nitrogen and oxygen atoms in total. The SMILES string of the molecule is Cc1cc(Cl)cc(Sc2nnc(-c3ccc(C)c(S(=O)(=O)N4CCOCC4)c3)c3ccccc23)c1.Cc1ccc(-c2nnc(Sc3cc(Cl)cc(Cl)c3)c3ccccc23)cc1S(=O)(=O)N1CCOCC1.O=c1oc2ccc(F)cc2cc1S(=O)(=O)N1CCCC1. The molecule has 10 aromatic rings. The molecule has 0 unspecified atom stereocenters. The van der Waals surface area contributed by atoms with E-state index in [0.717, 1.165) is 66.9 Å². The van der Waals surface area contributed by atoms with Crippen molar-refractivity contribution in [3.63, 3.8) is 0 Å².